The van der Waals surface area contributed by atoms with E-state index in [0.29, 0.717) is 35.2 Å². The highest BCUT2D eigenvalue weighted by Gasteiger charge is 2.21. The molecule has 28 heavy (non-hydrogen) atoms. The molecule has 0 radical (unpaired) electrons. The summed E-state index contributed by atoms with van der Waals surface area (Å²) in [4.78, 5) is 14.5. The van der Waals surface area contributed by atoms with E-state index in [1.807, 2.05) is 0 Å². The van der Waals surface area contributed by atoms with Gasteiger partial charge in [-0.25, -0.2) is 9.18 Å². The van der Waals surface area contributed by atoms with Crippen molar-refractivity contribution in [3.05, 3.63) is 48.3 Å². The van der Waals surface area contributed by atoms with Crippen LogP contribution in [-0.2, 0) is 4.74 Å². The first-order chi connectivity index (χ1) is 13.6. The number of halogens is 1. The molecule has 8 heteroatoms. The van der Waals surface area contributed by atoms with Crippen molar-refractivity contribution in [1.29, 1.82) is 5.53 Å². The molecule has 0 bridgehead atoms. The van der Waals surface area contributed by atoms with Crippen LogP contribution in [0.3, 0.4) is 0 Å². The third-order valence-corrected chi connectivity index (χ3v) is 4.93. The predicted molar refractivity (Wildman–Crippen MR) is 106 cm³/mol. The number of nitrogens with one attached hydrogen (secondary N) is 3. The van der Waals surface area contributed by atoms with Gasteiger partial charge in [-0.05, 0) is 68.8 Å². The van der Waals surface area contributed by atoms with Crippen molar-refractivity contribution in [3.8, 4) is 11.1 Å². The first kappa shape index (κ1) is 19.8. The van der Waals surface area contributed by atoms with Crippen molar-refractivity contribution < 1.29 is 13.9 Å². The fourth-order valence-corrected chi connectivity index (χ4v) is 3.46. The maximum atomic E-state index is 13.8. The maximum absolute atomic E-state index is 13.8. The normalized spacial score (nSPS) is 16.6. The Bertz CT molecular complexity index is 845. The Morgan fingerprint density at radius 1 is 1.36 bits per heavy atom. The van der Waals surface area contributed by atoms with Gasteiger partial charge >= 0.3 is 6.09 Å². The van der Waals surface area contributed by atoms with Crippen molar-refractivity contribution in [2.45, 2.75) is 25.3 Å². The second-order valence-electron chi connectivity index (χ2n) is 6.82. The molecule has 1 amide bonds. The average molecular weight is 385 g/mol. The average Bonchev–Trinajstić information content (AvgIpc) is 3.09. The highest BCUT2D eigenvalue weighted by atomic mass is 19.1. The van der Waals surface area contributed by atoms with Crippen LogP contribution in [0.1, 0.15) is 19.3 Å². The number of ether oxygens (including phenoxy) is 1. The number of anilines is 2. The van der Waals surface area contributed by atoms with Gasteiger partial charge in [0.05, 0.1) is 18.0 Å². The molecule has 2 aromatic carbocycles. The van der Waals surface area contributed by atoms with Gasteiger partial charge in [-0.15, -0.1) is 0 Å². The lowest BCUT2D eigenvalue weighted by Gasteiger charge is -2.19. The molecule has 1 atom stereocenters. The first-order valence-corrected chi connectivity index (χ1v) is 9.23. The van der Waals surface area contributed by atoms with E-state index in [1.165, 1.54) is 24.6 Å². The molecule has 1 aliphatic heterocycles. The largest absolute Gasteiger partial charge is 0.449 e. The fourth-order valence-electron chi connectivity index (χ4n) is 3.46. The molecule has 0 spiro atoms. The lowest BCUT2D eigenvalue weighted by atomic mass is 10.0. The number of benzene rings is 2. The van der Waals surface area contributed by atoms with E-state index in [2.05, 4.69) is 27.9 Å². The lowest BCUT2D eigenvalue weighted by molar-refractivity contribution is 0.147. The van der Waals surface area contributed by atoms with Gasteiger partial charge < -0.3 is 9.64 Å². The summed E-state index contributed by atoms with van der Waals surface area (Å²) in [6.45, 7) is 1.42. The van der Waals surface area contributed by atoms with Gasteiger partial charge in [-0.2, -0.15) is 5.53 Å². The zero-order valence-electron chi connectivity index (χ0n) is 15.7. The highest BCUT2D eigenvalue weighted by Crippen LogP contribution is 2.31. The second-order valence-corrected chi connectivity index (χ2v) is 6.82. The Kier molecular flexibility index (Phi) is 6.54. The molecule has 148 valence electrons. The van der Waals surface area contributed by atoms with Crippen LogP contribution in [0.2, 0.25) is 0 Å². The molecule has 3 rings (SSSR count). The zero-order chi connectivity index (χ0) is 19.9. The molecular weight excluding hydrogens is 361 g/mol. The van der Waals surface area contributed by atoms with E-state index in [9.17, 15) is 9.18 Å². The minimum atomic E-state index is -0.566. The summed E-state index contributed by atoms with van der Waals surface area (Å²) in [5.41, 5.74) is 11.7. The van der Waals surface area contributed by atoms with E-state index < -0.39 is 11.9 Å². The summed E-state index contributed by atoms with van der Waals surface area (Å²) in [6, 6.07) is 11.6. The van der Waals surface area contributed by atoms with Gasteiger partial charge in [0.1, 0.15) is 5.82 Å². The summed E-state index contributed by atoms with van der Waals surface area (Å²) in [5, 5.41) is 5.84. The Morgan fingerprint density at radius 2 is 2.21 bits per heavy atom. The summed E-state index contributed by atoms with van der Waals surface area (Å²) >= 11 is 0. The molecule has 1 heterocycles. The summed E-state index contributed by atoms with van der Waals surface area (Å²) in [6.07, 6.45) is 2.53. The Labute approximate surface area is 163 Å². The van der Waals surface area contributed by atoms with Crippen molar-refractivity contribution in [2.75, 3.05) is 30.9 Å². The van der Waals surface area contributed by atoms with E-state index in [4.69, 9.17) is 10.3 Å². The number of amides is 1. The van der Waals surface area contributed by atoms with Crippen LogP contribution in [0.4, 0.5) is 20.6 Å². The molecule has 0 aromatic heterocycles. The van der Waals surface area contributed by atoms with E-state index >= 15 is 0 Å². The topological polar surface area (TPSA) is 89.8 Å². The molecule has 2 aromatic rings. The second kappa shape index (κ2) is 9.27. The summed E-state index contributed by atoms with van der Waals surface area (Å²) in [5.74, 6) is -0.415. The fraction of sp³-hybridized carbons (Fsp3) is 0.350. The lowest BCUT2D eigenvalue weighted by Crippen LogP contribution is -2.27. The molecule has 0 saturated carbocycles. The highest BCUT2D eigenvalue weighted by molar-refractivity contribution is 5.91. The van der Waals surface area contributed by atoms with E-state index in [1.54, 1.807) is 24.3 Å². The van der Waals surface area contributed by atoms with Crippen LogP contribution in [0.25, 0.3) is 11.1 Å². The molecule has 7 nitrogen and oxygen atoms in total. The number of rotatable bonds is 7. The maximum Gasteiger partial charge on any atom is 0.411 e. The smallest absolute Gasteiger partial charge is 0.411 e. The molecule has 3 N–H and O–H groups in total. The van der Waals surface area contributed by atoms with Crippen LogP contribution >= 0.6 is 0 Å². The minimum Gasteiger partial charge on any atom is -0.449 e. The quantitative estimate of drug-likeness (QED) is 0.468. The number of hydrogen-bond donors (Lipinski definition) is 3. The van der Waals surface area contributed by atoms with Crippen LogP contribution in [0.15, 0.2) is 47.7 Å². The molecule has 1 saturated heterocycles. The molecule has 1 unspecified atom stereocenters. The SMILES string of the molecule is CN1CCCC1CCOC(=O)Nc1ccc(F)cc1-c1cccc(NN=N)c1. The van der Waals surface area contributed by atoms with Crippen molar-refractivity contribution in [3.63, 3.8) is 0 Å². The zero-order valence-corrected chi connectivity index (χ0v) is 15.7. The van der Waals surface area contributed by atoms with Gasteiger partial charge in [0.2, 0.25) is 0 Å². The Morgan fingerprint density at radius 3 is 2.96 bits per heavy atom. The van der Waals surface area contributed by atoms with Gasteiger partial charge in [0.15, 0.2) is 0 Å². The number of carbonyl (C=O) groups excluding carboxylic acids is 1. The van der Waals surface area contributed by atoms with E-state index in [-0.39, 0.29) is 0 Å². The Hall–Kier alpha value is -3.00. The Balaban J connectivity index is 1.67. The number of carbonyl (C=O) groups is 1. The van der Waals surface area contributed by atoms with Gasteiger partial charge in [-0.1, -0.05) is 17.4 Å². The van der Waals surface area contributed by atoms with Crippen LogP contribution < -0.4 is 10.7 Å². The summed E-state index contributed by atoms with van der Waals surface area (Å²) < 4.78 is 19.1. The van der Waals surface area contributed by atoms with Crippen molar-refractivity contribution in [2.24, 2.45) is 5.22 Å². The van der Waals surface area contributed by atoms with Crippen LogP contribution in [0, 0.1) is 11.3 Å². The first-order valence-electron chi connectivity index (χ1n) is 9.23. The minimum absolute atomic E-state index is 0.335. The van der Waals surface area contributed by atoms with Crippen LogP contribution in [-0.4, -0.2) is 37.2 Å². The number of likely N-dealkylation sites (tertiary alicyclic amines) is 1. The summed E-state index contributed by atoms with van der Waals surface area (Å²) in [7, 11) is 2.08. The monoisotopic (exact) mass is 385 g/mol. The van der Waals surface area contributed by atoms with Crippen molar-refractivity contribution >= 4 is 17.5 Å². The third kappa shape index (κ3) is 5.04. The van der Waals surface area contributed by atoms with Gasteiger partial charge in [-0.3, -0.25) is 10.7 Å². The third-order valence-electron chi connectivity index (χ3n) is 4.93. The molecular formula is C20H24FN5O2. The predicted octanol–water partition coefficient (Wildman–Crippen LogP) is 4.88. The number of hydrogen-bond acceptors (Lipinski definition) is 5. The molecule has 0 aliphatic carbocycles. The molecule has 1 fully saturated rings. The van der Waals surface area contributed by atoms with E-state index in [0.717, 1.165) is 19.4 Å². The number of nitrogens with zero attached hydrogens (tertiary/aromatic N) is 2. The van der Waals surface area contributed by atoms with Crippen LogP contribution in [0.5, 0.6) is 0 Å². The molecule has 1 aliphatic rings. The standard InChI is InChI=1S/C20H24FN5O2/c1-26-10-3-6-17(26)9-11-28-20(27)23-19-8-7-15(21)13-18(19)14-4-2-5-16(12-14)24-25-22/h2,4-5,7-8,12-13,17H,3,6,9-11H2,1H3,(H2,22,24)(H,23,27). The van der Waals surface area contributed by atoms with Gasteiger partial charge in [0.25, 0.3) is 0 Å². The van der Waals surface area contributed by atoms with Gasteiger partial charge in [0, 0.05) is 11.6 Å². The van der Waals surface area contributed by atoms with Crippen molar-refractivity contribution in [1.82, 2.24) is 4.90 Å².